The number of urea groups is 1. The van der Waals surface area contributed by atoms with Gasteiger partial charge in [-0.15, -0.1) is 0 Å². The highest BCUT2D eigenvalue weighted by Gasteiger charge is 2.07. The standard InChI is InChI=1S/C13H19N3O3/c1-8-4-5-11(6-9(8)2)14-13(19)16-15-12(18)7-10(3)17/h4-6,10,17H,7H2,1-3H3,(H,15,18)(H2,14,16,19)/t10-/m1/s1. The lowest BCUT2D eigenvalue weighted by molar-refractivity contribution is -0.123. The van der Waals surface area contributed by atoms with Gasteiger partial charge in [0.25, 0.3) is 0 Å². The highest BCUT2D eigenvalue weighted by atomic mass is 16.3. The van der Waals surface area contributed by atoms with Gasteiger partial charge < -0.3 is 10.4 Å². The molecular weight excluding hydrogens is 246 g/mol. The molecule has 6 nitrogen and oxygen atoms in total. The van der Waals surface area contributed by atoms with Gasteiger partial charge in [0.05, 0.1) is 12.5 Å². The number of aliphatic hydroxyl groups is 1. The van der Waals surface area contributed by atoms with E-state index in [-0.39, 0.29) is 6.42 Å². The molecule has 0 radical (unpaired) electrons. The number of hydrogen-bond donors (Lipinski definition) is 4. The fraction of sp³-hybridized carbons (Fsp3) is 0.385. The number of amides is 3. The monoisotopic (exact) mass is 265 g/mol. The molecule has 0 saturated carbocycles. The van der Waals surface area contributed by atoms with E-state index in [9.17, 15) is 9.59 Å². The number of aryl methyl sites for hydroxylation is 2. The maximum atomic E-state index is 11.5. The Kier molecular flexibility index (Phi) is 5.32. The van der Waals surface area contributed by atoms with E-state index in [4.69, 9.17) is 5.11 Å². The van der Waals surface area contributed by atoms with Crippen molar-refractivity contribution in [2.24, 2.45) is 0 Å². The molecular formula is C13H19N3O3. The molecule has 19 heavy (non-hydrogen) atoms. The molecule has 0 saturated heterocycles. The summed E-state index contributed by atoms with van der Waals surface area (Å²) in [6.07, 6.45) is -0.811. The first-order valence-corrected chi connectivity index (χ1v) is 5.99. The van der Waals surface area contributed by atoms with Crippen LogP contribution in [0.2, 0.25) is 0 Å². The first-order chi connectivity index (χ1) is 8.88. The second-order valence-corrected chi connectivity index (χ2v) is 4.48. The highest BCUT2D eigenvalue weighted by Crippen LogP contribution is 2.13. The number of rotatable bonds is 3. The predicted octanol–water partition coefficient (Wildman–Crippen LogP) is 1.23. The predicted molar refractivity (Wildman–Crippen MR) is 72.5 cm³/mol. The van der Waals surface area contributed by atoms with Crippen LogP contribution in [0.4, 0.5) is 10.5 Å². The number of hydrogen-bond acceptors (Lipinski definition) is 3. The van der Waals surface area contributed by atoms with Crippen LogP contribution in [0.5, 0.6) is 0 Å². The van der Waals surface area contributed by atoms with Crippen molar-refractivity contribution in [3.63, 3.8) is 0 Å². The first kappa shape index (κ1) is 15.0. The summed E-state index contributed by atoms with van der Waals surface area (Å²) in [5, 5.41) is 11.6. The third-order valence-corrected chi connectivity index (χ3v) is 2.56. The van der Waals surface area contributed by atoms with E-state index in [1.807, 2.05) is 26.0 Å². The summed E-state index contributed by atoms with van der Waals surface area (Å²) in [5.41, 5.74) is 7.25. The van der Waals surface area contributed by atoms with Crippen LogP contribution >= 0.6 is 0 Å². The zero-order valence-corrected chi connectivity index (χ0v) is 11.3. The van der Waals surface area contributed by atoms with Gasteiger partial charge in [0.1, 0.15) is 0 Å². The molecule has 0 spiro atoms. The summed E-state index contributed by atoms with van der Waals surface area (Å²) in [5.74, 6) is -0.453. The molecule has 0 fully saturated rings. The van der Waals surface area contributed by atoms with Crippen LogP contribution in [0.3, 0.4) is 0 Å². The number of aliphatic hydroxyl groups excluding tert-OH is 1. The lowest BCUT2D eigenvalue weighted by atomic mass is 10.1. The normalized spacial score (nSPS) is 11.6. The van der Waals surface area contributed by atoms with Crippen molar-refractivity contribution in [1.82, 2.24) is 10.9 Å². The van der Waals surface area contributed by atoms with Gasteiger partial charge in [-0.2, -0.15) is 0 Å². The van der Waals surface area contributed by atoms with E-state index in [1.54, 1.807) is 6.07 Å². The Morgan fingerprint density at radius 2 is 1.89 bits per heavy atom. The highest BCUT2D eigenvalue weighted by molar-refractivity contribution is 5.91. The molecule has 0 aliphatic carbocycles. The van der Waals surface area contributed by atoms with E-state index in [0.717, 1.165) is 11.1 Å². The molecule has 0 aromatic heterocycles. The Morgan fingerprint density at radius 1 is 1.21 bits per heavy atom. The Labute approximate surface area is 112 Å². The average Bonchev–Trinajstić information content (AvgIpc) is 2.30. The summed E-state index contributed by atoms with van der Waals surface area (Å²) in [6, 6.07) is 4.98. The molecule has 3 amide bonds. The molecule has 4 N–H and O–H groups in total. The summed E-state index contributed by atoms with van der Waals surface area (Å²) < 4.78 is 0. The number of carbonyl (C=O) groups is 2. The van der Waals surface area contributed by atoms with E-state index >= 15 is 0 Å². The quantitative estimate of drug-likeness (QED) is 0.619. The van der Waals surface area contributed by atoms with Crippen molar-refractivity contribution < 1.29 is 14.7 Å². The zero-order chi connectivity index (χ0) is 14.4. The zero-order valence-electron chi connectivity index (χ0n) is 11.3. The smallest absolute Gasteiger partial charge is 0.337 e. The van der Waals surface area contributed by atoms with Gasteiger partial charge in [-0.05, 0) is 44.0 Å². The van der Waals surface area contributed by atoms with Gasteiger partial charge in [0.2, 0.25) is 5.91 Å². The summed E-state index contributed by atoms with van der Waals surface area (Å²) in [6.45, 7) is 5.42. The number of hydrazine groups is 1. The van der Waals surface area contributed by atoms with E-state index in [1.165, 1.54) is 6.92 Å². The topological polar surface area (TPSA) is 90.5 Å². The average molecular weight is 265 g/mol. The SMILES string of the molecule is Cc1ccc(NC(=O)NNC(=O)C[C@@H](C)O)cc1C. The number of anilines is 1. The third kappa shape index (κ3) is 5.39. The minimum atomic E-state index is -0.746. The van der Waals surface area contributed by atoms with Gasteiger partial charge >= 0.3 is 6.03 Å². The molecule has 0 bridgehead atoms. The van der Waals surface area contributed by atoms with Gasteiger partial charge in [-0.25, -0.2) is 10.2 Å². The van der Waals surface area contributed by atoms with Crippen LogP contribution in [-0.2, 0) is 4.79 Å². The Balaban J connectivity index is 2.43. The largest absolute Gasteiger partial charge is 0.393 e. The number of benzene rings is 1. The maximum Gasteiger partial charge on any atom is 0.337 e. The number of nitrogens with one attached hydrogen (secondary N) is 3. The summed E-state index contributed by atoms with van der Waals surface area (Å²) >= 11 is 0. The van der Waals surface area contributed by atoms with Crippen LogP contribution in [0, 0.1) is 13.8 Å². The molecule has 1 aromatic carbocycles. The Hall–Kier alpha value is -2.08. The molecule has 0 heterocycles. The lowest BCUT2D eigenvalue weighted by Gasteiger charge is -2.10. The van der Waals surface area contributed by atoms with Crippen LogP contribution in [0.25, 0.3) is 0 Å². The van der Waals surface area contributed by atoms with Gasteiger partial charge in [0.15, 0.2) is 0 Å². The second-order valence-electron chi connectivity index (χ2n) is 4.48. The minimum absolute atomic E-state index is 0.0656. The van der Waals surface area contributed by atoms with E-state index in [0.29, 0.717) is 5.69 Å². The van der Waals surface area contributed by atoms with E-state index in [2.05, 4.69) is 16.2 Å². The van der Waals surface area contributed by atoms with Gasteiger partial charge in [0, 0.05) is 5.69 Å². The van der Waals surface area contributed by atoms with Crippen molar-refractivity contribution in [3.8, 4) is 0 Å². The molecule has 104 valence electrons. The van der Waals surface area contributed by atoms with E-state index < -0.39 is 18.0 Å². The maximum absolute atomic E-state index is 11.5. The first-order valence-electron chi connectivity index (χ1n) is 5.99. The van der Waals surface area contributed by atoms with Crippen molar-refractivity contribution in [2.75, 3.05) is 5.32 Å². The van der Waals surface area contributed by atoms with Crippen molar-refractivity contribution in [1.29, 1.82) is 0 Å². The summed E-state index contributed by atoms with van der Waals surface area (Å²) in [4.78, 5) is 22.7. The van der Waals surface area contributed by atoms with Crippen LogP contribution in [0.15, 0.2) is 18.2 Å². The molecule has 6 heteroatoms. The minimum Gasteiger partial charge on any atom is -0.393 e. The van der Waals surface area contributed by atoms with Crippen LogP contribution < -0.4 is 16.2 Å². The van der Waals surface area contributed by atoms with Crippen molar-refractivity contribution in [3.05, 3.63) is 29.3 Å². The molecule has 0 unspecified atom stereocenters. The second kappa shape index (κ2) is 6.75. The molecule has 0 aliphatic heterocycles. The van der Waals surface area contributed by atoms with Crippen molar-refractivity contribution in [2.45, 2.75) is 33.3 Å². The Morgan fingerprint density at radius 3 is 2.47 bits per heavy atom. The third-order valence-electron chi connectivity index (χ3n) is 2.56. The lowest BCUT2D eigenvalue weighted by Crippen LogP contribution is -2.44. The van der Waals surface area contributed by atoms with Crippen LogP contribution in [-0.4, -0.2) is 23.1 Å². The Bertz CT molecular complexity index is 472. The van der Waals surface area contributed by atoms with Gasteiger partial charge in [-0.1, -0.05) is 6.07 Å². The van der Waals surface area contributed by atoms with Crippen molar-refractivity contribution >= 4 is 17.6 Å². The molecule has 1 rings (SSSR count). The molecule has 1 aromatic rings. The molecule has 1 atom stereocenters. The van der Waals surface area contributed by atoms with Crippen LogP contribution in [0.1, 0.15) is 24.5 Å². The molecule has 0 aliphatic rings. The van der Waals surface area contributed by atoms with Gasteiger partial charge in [-0.3, -0.25) is 10.2 Å². The fourth-order valence-electron chi connectivity index (χ4n) is 1.43. The summed E-state index contributed by atoms with van der Waals surface area (Å²) in [7, 11) is 0. The number of carbonyl (C=O) groups excluding carboxylic acids is 2. The fourth-order valence-corrected chi connectivity index (χ4v) is 1.43.